The third-order valence-electron chi connectivity index (χ3n) is 8.77. The van der Waals surface area contributed by atoms with Crippen LogP contribution in [0, 0.1) is 19.7 Å². The molecule has 0 atom stereocenters. The molecule has 43 heavy (non-hydrogen) atoms. The van der Waals surface area contributed by atoms with Crippen LogP contribution < -0.4 is 9.47 Å². The van der Waals surface area contributed by atoms with Crippen LogP contribution in [0.1, 0.15) is 59.3 Å². The van der Waals surface area contributed by atoms with E-state index in [4.69, 9.17) is 9.47 Å². The Kier molecular flexibility index (Phi) is 9.66. The highest BCUT2D eigenvalue weighted by atomic mass is 19.1. The number of unbranched alkanes of at least 4 members (excludes halogenated alkanes) is 1. The molecule has 0 aromatic heterocycles. The van der Waals surface area contributed by atoms with Gasteiger partial charge in [-0.2, -0.15) is 0 Å². The van der Waals surface area contributed by atoms with Crippen molar-refractivity contribution in [1.29, 1.82) is 0 Å². The van der Waals surface area contributed by atoms with Crippen LogP contribution in [0.25, 0.3) is 10.8 Å². The fourth-order valence-corrected chi connectivity index (χ4v) is 6.33. The number of hydrogen-bond acceptors (Lipinski definition) is 3. The van der Waals surface area contributed by atoms with Crippen molar-refractivity contribution in [3.05, 3.63) is 106 Å². The number of fused-ring (bicyclic) bond motifs is 2. The second kappa shape index (κ2) is 13.6. The molecule has 6 heteroatoms. The maximum atomic E-state index is 13.9. The Morgan fingerprint density at radius 2 is 1.49 bits per heavy atom. The molecule has 5 rings (SSSR count). The van der Waals surface area contributed by atoms with E-state index in [1.807, 2.05) is 35.2 Å². The van der Waals surface area contributed by atoms with E-state index < -0.39 is 0 Å². The fourth-order valence-electron chi connectivity index (χ4n) is 6.33. The van der Waals surface area contributed by atoms with Gasteiger partial charge in [-0.3, -0.25) is 4.79 Å². The van der Waals surface area contributed by atoms with Gasteiger partial charge in [0.2, 0.25) is 0 Å². The predicted octanol–water partition coefficient (Wildman–Crippen LogP) is 7.85. The van der Waals surface area contributed by atoms with Crippen LogP contribution in [0.2, 0.25) is 0 Å². The van der Waals surface area contributed by atoms with Gasteiger partial charge in [-0.15, -0.1) is 0 Å². The number of halogens is 1. The van der Waals surface area contributed by atoms with Gasteiger partial charge >= 0.3 is 0 Å². The summed E-state index contributed by atoms with van der Waals surface area (Å²) in [7, 11) is 0. The molecule has 0 saturated carbocycles. The lowest BCUT2D eigenvalue weighted by Crippen LogP contribution is -2.47. The van der Waals surface area contributed by atoms with Crippen LogP contribution in [0.3, 0.4) is 0 Å². The molecule has 1 amide bonds. The highest BCUT2D eigenvalue weighted by Crippen LogP contribution is 2.31. The number of rotatable bonds is 12. The molecule has 0 fully saturated rings. The maximum Gasteiger partial charge on any atom is 0.254 e. The molecule has 4 aromatic carbocycles. The van der Waals surface area contributed by atoms with Crippen LogP contribution in [0.4, 0.5) is 4.39 Å². The first kappa shape index (κ1) is 30.6. The van der Waals surface area contributed by atoms with Gasteiger partial charge in [-0.05, 0) is 93.3 Å². The van der Waals surface area contributed by atoms with Gasteiger partial charge < -0.3 is 18.9 Å². The summed E-state index contributed by atoms with van der Waals surface area (Å²) in [6.45, 7) is 15.3. The first-order chi connectivity index (χ1) is 20.8. The van der Waals surface area contributed by atoms with Crippen LogP contribution >= 0.6 is 0 Å². The lowest BCUT2D eigenvalue weighted by Gasteiger charge is -2.37. The Labute approximate surface area is 255 Å². The van der Waals surface area contributed by atoms with Crippen molar-refractivity contribution in [2.24, 2.45) is 0 Å². The van der Waals surface area contributed by atoms with Gasteiger partial charge in [0.05, 0.1) is 19.6 Å². The molecule has 1 aliphatic rings. The van der Waals surface area contributed by atoms with Crippen LogP contribution in [0.5, 0.6) is 11.5 Å². The number of amides is 1. The first-order valence-corrected chi connectivity index (χ1v) is 15.6. The molecule has 0 aliphatic carbocycles. The molecule has 0 radical (unpaired) electrons. The number of nitrogens with zero attached hydrogens (tertiary/aromatic N) is 2. The number of carbonyl (C=O) groups excluding carboxylic acids is 1. The minimum absolute atomic E-state index is 0.0249. The number of aryl methyl sites for hydroxylation is 2. The van der Waals surface area contributed by atoms with Crippen molar-refractivity contribution in [2.75, 3.05) is 39.4 Å². The van der Waals surface area contributed by atoms with E-state index in [1.165, 1.54) is 28.8 Å². The van der Waals surface area contributed by atoms with E-state index in [2.05, 4.69) is 45.9 Å². The zero-order chi connectivity index (χ0) is 30.4. The van der Waals surface area contributed by atoms with Crippen LogP contribution in [-0.4, -0.2) is 54.7 Å². The van der Waals surface area contributed by atoms with E-state index in [1.54, 1.807) is 12.1 Å². The minimum atomic E-state index is -0.280. The fraction of sp³-hybridized carbons (Fsp3) is 0.378. The van der Waals surface area contributed by atoms with Gasteiger partial charge in [-0.1, -0.05) is 47.5 Å². The summed E-state index contributed by atoms with van der Waals surface area (Å²) in [5.74, 6) is 1.16. The summed E-state index contributed by atoms with van der Waals surface area (Å²) in [4.78, 5) is 15.9. The molecule has 0 bridgehead atoms. The number of carbonyl (C=O) groups is 1. The molecule has 1 heterocycles. The molecular formula is C37H44FN2O3+. The monoisotopic (exact) mass is 583 g/mol. The zero-order valence-electron chi connectivity index (χ0n) is 26.0. The maximum absolute atomic E-state index is 13.9. The highest BCUT2D eigenvalue weighted by Gasteiger charge is 2.25. The number of quaternary nitrogens is 1. The van der Waals surface area contributed by atoms with Gasteiger partial charge in [0.25, 0.3) is 5.91 Å². The van der Waals surface area contributed by atoms with Crippen molar-refractivity contribution in [3.8, 4) is 11.5 Å². The van der Waals surface area contributed by atoms with Gasteiger partial charge in [0.15, 0.2) is 11.5 Å². The van der Waals surface area contributed by atoms with E-state index >= 15 is 0 Å². The Bertz CT molecular complexity index is 1560. The number of ether oxygens (including phenoxy) is 2. The topological polar surface area (TPSA) is 38.8 Å². The third kappa shape index (κ3) is 7.55. The van der Waals surface area contributed by atoms with E-state index in [0.717, 1.165) is 71.3 Å². The summed E-state index contributed by atoms with van der Waals surface area (Å²) in [5.41, 5.74) is 5.63. The predicted molar refractivity (Wildman–Crippen MR) is 171 cm³/mol. The average Bonchev–Trinajstić information content (AvgIpc) is 3.00. The largest absolute Gasteiger partial charge is 0.486 e. The molecule has 1 aliphatic heterocycles. The lowest BCUT2D eigenvalue weighted by molar-refractivity contribution is -0.938. The number of benzene rings is 4. The van der Waals surface area contributed by atoms with E-state index in [-0.39, 0.29) is 11.7 Å². The second-order valence-electron chi connectivity index (χ2n) is 12.0. The van der Waals surface area contributed by atoms with Crippen molar-refractivity contribution < 1.29 is 23.1 Å². The quantitative estimate of drug-likeness (QED) is 0.126. The summed E-state index contributed by atoms with van der Waals surface area (Å²) in [6, 6.07) is 23.0. The van der Waals surface area contributed by atoms with Gasteiger partial charge in [-0.25, -0.2) is 4.39 Å². The molecule has 0 unspecified atom stereocenters. The summed E-state index contributed by atoms with van der Waals surface area (Å²) in [5, 5.41) is 1.64. The SMILES string of the molecule is CC[N+](CC)(CCCCN(Cc1ccc2c(c1)OCCO2)C(=O)c1ccc2cc(F)ccc2c1)Cc1cc(C)cc(C)c1. The molecule has 5 nitrogen and oxygen atoms in total. The van der Waals surface area contributed by atoms with Crippen LogP contribution in [-0.2, 0) is 13.1 Å². The molecule has 0 spiro atoms. The molecule has 4 aromatic rings. The molecule has 0 saturated heterocycles. The Hall–Kier alpha value is -3.90. The van der Waals surface area contributed by atoms with Crippen molar-refractivity contribution in [2.45, 2.75) is 53.6 Å². The lowest BCUT2D eigenvalue weighted by atomic mass is 10.0. The molecule has 0 N–H and O–H groups in total. The molecular weight excluding hydrogens is 539 g/mol. The summed E-state index contributed by atoms with van der Waals surface area (Å²) >= 11 is 0. The van der Waals surface area contributed by atoms with Crippen LogP contribution in [0.15, 0.2) is 72.8 Å². The zero-order valence-corrected chi connectivity index (χ0v) is 26.0. The number of hydrogen-bond donors (Lipinski definition) is 0. The highest BCUT2D eigenvalue weighted by molar-refractivity contribution is 5.98. The van der Waals surface area contributed by atoms with Crippen molar-refractivity contribution in [1.82, 2.24) is 4.90 Å². The van der Waals surface area contributed by atoms with Crippen molar-refractivity contribution >= 4 is 16.7 Å². The standard InChI is InChI=1S/C37H44FN2O3/c1-5-40(6-2,26-30-20-27(3)19-28(4)21-30)16-8-7-15-39(25-29-9-14-35-36(22-29)43-18-17-42-35)37(41)33-11-10-32-24-34(38)13-12-31(32)23-33/h9-14,19-24H,5-8,15-18,25-26H2,1-4H3/q+1. The van der Waals surface area contributed by atoms with Crippen molar-refractivity contribution in [3.63, 3.8) is 0 Å². The Balaban J connectivity index is 1.32. The Morgan fingerprint density at radius 1 is 0.791 bits per heavy atom. The summed E-state index contributed by atoms with van der Waals surface area (Å²) < 4.78 is 26.3. The van der Waals surface area contributed by atoms with E-state index in [9.17, 15) is 9.18 Å². The molecule has 226 valence electrons. The third-order valence-corrected chi connectivity index (χ3v) is 8.77. The second-order valence-corrected chi connectivity index (χ2v) is 12.0. The average molecular weight is 584 g/mol. The minimum Gasteiger partial charge on any atom is -0.486 e. The van der Waals surface area contributed by atoms with Gasteiger partial charge in [0.1, 0.15) is 25.6 Å². The first-order valence-electron chi connectivity index (χ1n) is 15.6. The smallest absolute Gasteiger partial charge is 0.254 e. The summed E-state index contributed by atoms with van der Waals surface area (Å²) in [6.07, 6.45) is 1.93. The normalized spacial score (nSPS) is 12.9. The van der Waals surface area contributed by atoms with Gasteiger partial charge in [0, 0.05) is 24.2 Å². The van der Waals surface area contributed by atoms with E-state index in [0.29, 0.717) is 31.9 Å². The Morgan fingerprint density at radius 3 is 2.23 bits per heavy atom.